The second kappa shape index (κ2) is 7.98. The number of benzene rings is 1. The van der Waals surface area contributed by atoms with Crippen LogP contribution in [0, 0.1) is 0 Å². The second-order valence-corrected chi connectivity index (χ2v) is 4.65. The van der Waals surface area contributed by atoms with Gasteiger partial charge in [-0.25, -0.2) is 0 Å². The van der Waals surface area contributed by atoms with E-state index in [1.807, 2.05) is 0 Å². The van der Waals surface area contributed by atoms with Gasteiger partial charge >= 0.3 is 0 Å². The summed E-state index contributed by atoms with van der Waals surface area (Å²) in [5.74, 6) is 0.566. The van der Waals surface area contributed by atoms with Gasteiger partial charge in [-0.15, -0.1) is 0 Å². The molecule has 0 unspecified atom stereocenters. The van der Waals surface area contributed by atoms with Crippen molar-refractivity contribution in [1.82, 2.24) is 5.32 Å². The zero-order valence-corrected chi connectivity index (χ0v) is 11.7. The third-order valence-corrected chi connectivity index (χ3v) is 2.83. The molecular weight excluding hydrogens is 250 g/mol. The number of carbonyl (C=O) groups excluding carboxylic acids is 1. The molecule has 0 radical (unpaired) electrons. The van der Waals surface area contributed by atoms with Gasteiger partial charge in [0.25, 0.3) is 5.91 Å². The molecule has 1 aromatic carbocycles. The summed E-state index contributed by atoms with van der Waals surface area (Å²) < 4.78 is 5.52. The molecule has 18 heavy (non-hydrogen) atoms. The van der Waals surface area contributed by atoms with Crippen molar-refractivity contribution in [3.63, 3.8) is 0 Å². The highest BCUT2D eigenvalue weighted by Gasteiger charge is 2.13. The minimum atomic E-state index is -0.493. The molecule has 0 aromatic heterocycles. The average Bonchev–Trinajstić information content (AvgIpc) is 2.37. The molecule has 1 aromatic rings. The van der Waals surface area contributed by atoms with Crippen molar-refractivity contribution in [3.8, 4) is 5.75 Å². The Labute approximate surface area is 113 Å². The molecule has 0 aliphatic heterocycles. The monoisotopic (exact) mass is 269 g/mol. The van der Waals surface area contributed by atoms with Crippen LogP contribution in [0.15, 0.2) is 24.3 Å². The van der Waals surface area contributed by atoms with E-state index >= 15 is 0 Å². The van der Waals surface area contributed by atoms with Crippen LogP contribution in [-0.2, 0) is 4.79 Å². The normalized spacial score (nSPS) is 11.9. The van der Waals surface area contributed by atoms with Crippen molar-refractivity contribution in [2.75, 3.05) is 6.54 Å². The smallest absolute Gasteiger partial charge is 0.260 e. The van der Waals surface area contributed by atoms with Crippen molar-refractivity contribution < 1.29 is 9.53 Å². The molecule has 0 saturated carbocycles. The lowest BCUT2D eigenvalue weighted by Crippen LogP contribution is -2.36. The number of nitrogens with one attached hydrogen (secondary N) is 1. The Morgan fingerprint density at radius 2 is 2.00 bits per heavy atom. The fraction of sp³-hybridized carbons (Fsp3) is 0.500. The first-order chi connectivity index (χ1) is 8.63. The molecule has 100 valence electrons. The molecular formula is C14H20ClNO2. The summed E-state index contributed by atoms with van der Waals surface area (Å²) in [4.78, 5) is 11.7. The van der Waals surface area contributed by atoms with Crippen LogP contribution in [0.25, 0.3) is 0 Å². The van der Waals surface area contributed by atoms with Gasteiger partial charge in [-0.05, 0) is 37.6 Å². The maximum absolute atomic E-state index is 11.7. The van der Waals surface area contributed by atoms with Gasteiger partial charge < -0.3 is 10.1 Å². The van der Waals surface area contributed by atoms with Gasteiger partial charge in [0.15, 0.2) is 6.10 Å². The van der Waals surface area contributed by atoms with E-state index in [1.165, 1.54) is 0 Å². The fourth-order valence-corrected chi connectivity index (χ4v) is 1.63. The number of amides is 1. The predicted molar refractivity (Wildman–Crippen MR) is 74.1 cm³/mol. The van der Waals surface area contributed by atoms with Crippen molar-refractivity contribution in [1.29, 1.82) is 0 Å². The zero-order chi connectivity index (χ0) is 13.4. The summed E-state index contributed by atoms with van der Waals surface area (Å²) in [7, 11) is 0. The SMILES string of the molecule is CCCCCNC(=O)[C@H](C)Oc1ccc(Cl)cc1. The van der Waals surface area contributed by atoms with Gasteiger partial charge in [0.1, 0.15) is 5.75 Å². The van der Waals surface area contributed by atoms with Crippen molar-refractivity contribution >= 4 is 17.5 Å². The molecule has 1 atom stereocenters. The van der Waals surface area contributed by atoms with Crippen LogP contribution in [0.1, 0.15) is 33.1 Å². The van der Waals surface area contributed by atoms with Crippen molar-refractivity contribution in [3.05, 3.63) is 29.3 Å². The predicted octanol–water partition coefficient (Wildman–Crippen LogP) is 3.41. The Morgan fingerprint density at radius 3 is 2.61 bits per heavy atom. The lowest BCUT2D eigenvalue weighted by Gasteiger charge is -2.14. The molecule has 0 aliphatic carbocycles. The van der Waals surface area contributed by atoms with E-state index in [0.29, 0.717) is 17.3 Å². The molecule has 1 rings (SSSR count). The molecule has 0 heterocycles. The van der Waals surface area contributed by atoms with Crippen molar-refractivity contribution in [2.45, 2.75) is 39.2 Å². The van der Waals surface area contributed by atoms with Crippen molar-refractivity contribution in [2.24, 2.45) is 0 Å². The molecule has 0 bridgehead atoms. The number of ether oxygens (including phenoxy) is 1. The van der Waals surface area contributed by atoms with Gasteiger partial charge in [-0.2, -0.15) is 0 Å². The lowest BCUT2D eigenvalue weighted by atomic mass is 10.2. The Balaban J connectivity index is 2.33. The maximum atomic E-state index is 11.7. The Kier molecular flexibility index (Phi) is 6.58. The van der Waals surface area contributed by atoms with Crippen LogP contribution in [0.5, 0.6) is 5.75 Å². The first-order valence-corrected chi connectivity index (χ1v) is 6.71. The summed E-state index contributed by atoms with van der Waals surface area (Å²) in [5.41, 5.74) is 0. The number of rotatable bonds is 7. The molecule has 1 amide bonds. The molecule has 3 nitrogen and oxygen atoms in total. The lowest BCUT2D eigenvalue weighted by molar-refractivity contribution is -0.127. The molecule has 1 N–H and O–H groups in total. The van der Waals surface area contributed by atoms with Crippen LogP contribution in [0.4, 0.5) is 0 Å². The minimum Gasteiger partial charge on any atom is -0.481 e. The third-order valence-electron chi connectivity index (χ3n) is 2.58. The Bertz CT molecular complexity index is 365. The highest BCUT2D eigenvalue weighted by molar-refractivity contribution is 6.30. The fourth-order valence-electron chi connectivity index (χ4n) is 1.50. The van der Waals surface area contributed by atoms with E-state index in [2.05, 4.69) is 12.2 Å². The highest BCUT2D eigenvalue weighted by Crippen LogP contribution is 2.16. The molecule has 4 heteroatoms. The number of carbonyl (C=O) groups is 1. The summed E-state index contributed by atoms with van der Waals surface area (Å²) in [6.07, 6.45) is 2.79. The molecule has 0 fully saturated rings. The number of hydrogen-bond donors (Lipinski definition) is 1. The second-order valence-electron chi connectivity index (χ2n) is 4.21. The van der Waals surface area contributed by atoms with E-state index in [9.17, 15) is 4.79 Å². The summed E-state index contributed by atoms with van der Waals surface area (Å²) in [6.45, 7) is 4.58. The average molecular weight is 270 g/mol. The Morgan fingerprint density at radius 1 is 1.33 bits per heavy atom. The standard InChI is InChI=1S/C14H20ClNO2/c1-3-4-5-10-16-14(17)11(2)18-13-8-6-12(15)7-9-13/h6-9,11H,3-5,10H2,1-2H3,(H,16,17)/t11-/m0/s1. The van der Waals surface area contributed by atoms with Gasteiger partial charge in [0.2, 0.25) is 0 Å². The van der Waals surface area contributed by atoms with Crippen LogP contribution in [-0.4, -0.2) is 18.6 Å². The van der Waals surface area contributed by atoms with Crippen LogP contribution in [0.3, 0.4) is 0 Å². The van der Waals surface area contributed by atoms with Gasteiger partial charge in [-0.1, -0.05) is 31.4 Å². The van der Waals surface area contributed by atoms with Gasteiger partial charge in [0, 0.05) is 11.6 Å². The number of unbranched alkanes of at least 4 members (excludes halogenated alkanes) is 2. The first-order valence-electron chi connectivity index (χ1n) is 6.33. The largest absolute Gasteiger partial charge is 0.481 e. The summed E-state index contributed by atoms with van der Waals surface area (Å²) in [6, 6.07) is 6.98. The van der Waals surface area contributed by atoms with E-state index in [1.54, 1.807) is 31.2 Å². The van der Waals surface area contributed by atoms with Crippen LogP contribution < -0.4 is 10.1 Å². The van der Waals surface area contributed by atoms with Crippen LogP contribution >= 0.6 is 11.6 Å². The van der Waals surface area contributed by atoms with E-state index in [-0.39, 0.29) is 5.91 Å². The van der Waals surface area contributed by atoms with Gasteiger partial charge in [-0.3, -0.25) is 4.79 Å². The molecule has 0 aliphatic rings. The zero-order valence-electron chi connectivity index (χ0n) is 10.9. The van der Waals surface area contributed by atoms with E-state index in [0.717, 1.165) is 19.3 Å². The third kappa shape index (κ3) is 5.41. The summed E-state index contributed by atoms with van der Waals surface area (Å²) in [5, 5.41) is 3.51. The van der Waals surface area contributed by atoms with Crippen LogP contribution in [0.2, 0.25) is 5.02 Å². The van der Waals surface area contributed by atoms with Gasteiger partial charge in [0.05, 0.1) is 0 Å². The first kappa shape index (κ1) is 14.8. The molecule has 0 spiro atoms. The van der Waals surface area contributed by atoms with E-state index < -0.39 is 6.10 Å². The number of halogens is 1. The van der Waals surface area contributed by atoms with E-state index in [4.69, 9.17) is 16.3 Å². The minimum absolute atomic E-state index is 0.0824. The quantitative estimate of drug-likeness (QED) is 0.771. The molecule has 0 saturated heterocycles. The number of hydrogen-bond acceptors (Lipinski definition) is 2. The highest BCUT2D eigenvalue weighted by atomic mass is 35.5. The topological polar surface area (TPSA) is 38.3 Å². The maximum Gasteiger partial charge on any atom is 0.260 e. The summed E-state index contributed by atoms with van der Waals surface area (Å²) >= 11 is 5.77. The Hall–Kier alpha value is -1.22.